The van der Waals surface area contributed by atoms with Gasteiger partial charge in [0.25, 0.3) is 0 Å². The average Bonchev–Trinajstić information content (AvgIpc) is 2.75. The Balaban J connectivity index is 1.67. The molecule has 3 heteroatoms. The van der Waals surface area contributed by atoms with Gasteiger partial charge in [0.1, 0.15) is 17.1 Å². The summed E-state index contributed by atoms with van der Waals surface area (Å²) in [7, 11) is 0. The third kappa shape index (κ3) is 4.80. The summed E-state index contributed by atoms with van der Waals surface area (Å²) in [5, 5.41) is 0. The first-order valence-electron chi connectivity index (χ1n) is 9.70. The normalized spacial score (nSPS) is 11.1. The predicted molar refractivity (Wildman–Crippen MR) is 113 cm³/mol. The van der Waals surface area contributed by atoms with Crippen LogP contribution in [-0.4, -0.2) is 11.6 Å². The predicted octanol–water partition coefficient (Wildman–Crippen LogP) is 6.53. The third-order valence-corrected chi connectivity index (χ3v) is 5.12. The van der Waals surface area contributed by atoms with Crippen LogP contribution >= 0.6 is 0 Å². The van der Waals surface area contributed by atoms with Gasteiger partial charge in [-0.15, -0.1) is 0 Å². The highest BCUT2D eigenvalue weighted by atomic mass is 16.5. The maximum Gasteiger partial charge on any atom is 0.343 e. The van der Waals surface area contributed by atoms with Gasteiger partial charge in [-0.3, -0.25) is 0 Å². The van der Waals surface area contributed by atoms with E-state index in [4.69, 9.17) is 9.47 Å². The molecule has 3 nitrogen and oxygen atoms in total. The van der Waals surface area contributed by atoms with Crippen molar-refractivity contribution >= 4 is 5.97 Å². The van der Waals surface area contributed by atoms with E-state index in [2.05, 4.69) is 20.8 Å². The van der Waals surface area contributed by atoms with Crippen LogP contribution in [0.4, 0.5) is 0 Å². The molecule has 144 valence electrons. The summed E-state index contributed by atoms with van der Waals surface area (Å²) in [5.41, 5.74) is 2.54. The van der Waals surface area contributed by atoms with Gasteiger partial charge in [-0.1, -0.05) is 56.3 Å². The fourth-order valence-electron chi connectivity index (χ4n) is 2.85. The first kappa shape index (κ1) is 19.7. The molecule has 0 fully saturated rings. The number of carbonyl (C=O) groups is 1. The number of ether oxygens (including phenoxy) is 2. The van der Waals surface area contributed by atoms with E-state index in [1.54, 1.807) is 12.1 Å². The summed E-state index contributed by atoms with van der Waals surface area (Å²) < 4.78 is 11.6. The highest BCUT2D eigenvalue weighted by Crippen LogP contribution is 2.28. The molecule has 0 heterocycles. The Hall–Kier alpha value is -3.07. The van der Waals surface area contributed by atoms with Crippen molar-refractivity contribution in [1.29, 1.82) is 0 Å². The molecule has 3 aromatic rings. The first-order chi connectivity index (χ1) is 13.5. The molecule has 3 rings (SSSR count). The lowest BCUT2D eigenvalue weighted by molar-refractivity contribution is 0.0734. The van der Waals surface area contributed by atoms with Crippen molar-refractivity contribution in [3.63, 3.8) is 0 Å². The lowest BCUT2D eigenvalue weighted by Crippen LogP contribution is -2.30. The number of rotatable bonds is 7. The van der Waals surface area contributed by atoms with Gasteiger partial charge >= 0.3 is 5.97 Å². The van der Waals surface area contributed by atoms with Crippen molar-refractivity contribution in [2.75, 3.05) is 0 Å². The average molecular weight is 374 g/mol. The molecule has 0 aromatic heterocycles. The molecule has 0 saturated heterocycles. The van der Waals surface area contributed by atoms with Gasteiger partial charge < -0.3 is 9.47 Å². The van der Waals surface area contributed by atoms with Gasteiger partial charge in [-0.2, -0.15) is 0 Å². The highest BCUT2D eigenvalue weighted by Gasteiger charge is 2.21. The summed E-state index contributed by atoms with van der Waals surface area (Å²) in [6.45, 7) is 6.42. The Morgan fingerprint density at radius 3 is 1.75 bits per heavy atom. The summed E-state index contributed by atoms with van der Waals surface area (Å²) >= 11 is 0. The second-order valence-electron chi connectivity index (χ2n) is 7.06. The summed E-state index contributed by atoms with van der Waals surface area (Å²) in [4.78, 5) is 12.1. The van der Waals surface area contributed by atoms with Crippen LogP contribution in [0.3, 0.4) is 0 Å². The minimum atomic E-state index is -0.357. The van der Waals surface area contributed by atoms with Crippen LogP contribution < -0.4 is 9.47 Å². The SMILES string of the molecule is CCC(C)(CC)Oc1ccc(-c2ccc(OC(=O)c3ccccc3)cc2)cc1. The molecule has 0 aliphatic heterocycles. The molecule has 0 aliphatic rings. The van der Waals surface area contributed by atoms with Gasteiger partial charge in [0.2, 0.25) is 0 Å². The lowest BCUT2D eigenvalue weighted by Gasteiger charge is -2.28. The van der Waals surface area contributed by atoms with Gasteiger partial charge in [0.05, 0.1) is 5.56 Å². The molecule has 0 radical (unpaired) electrons. The largest absolute Gasteiger partial charge is 0.488 e. The van der Waals surface area contributed by atoms with E-state index in [9.17, 15) is 4.79 Å². The first-order valence-corrected chi connectivity index (χ1v) is 9.70. The molecular weight excluding hydrogens is 348 g/mol. The molecule has 0 unspecified atom stereocenters. The fraction of sp³-hybridized carbons (Fsp3) is 0.240. The molecule has 3 aromatic carbocycles. The van der Waals surface area contributed by atoms with Crippen LogP contribution in [-0.2, 0) is 0 Å². The zero-order valence-electron chi connectivity index (χ0n) is 16.6. The molecule has 0 bridgehead atoms. The molecule has 0 atom stereocenters. The van der Waals surface area contributed by atoms with E-state index in [0.717, 1.165) is 29.7 Å². The highest BCUT2D eigenvalue weighted by molar-refractivity contribution is 5.91. The maximum atomic E-state index is 12.1. The minimum Gasteiger partial charge on any atom is -0.488 e. The van der Waals surface area contributed by atoms with Crippen molar-refractivity contribution in [3.8, 4) is 22.6 Å². The molecule has 0 aliphatic carbocycles. The van der Waals surface area contributed by atoms with Gasteiger partial charge in [-0.25, -0.2) is 4.79 Å². The smallest absolute Gasteiger partial charge is 0.343 e. The van der Waals surface area contributed by atoms with Crippen LogP contribution in [0.25, 0.3) is 11.1 Å². The van der Waals surface area contributed by atoms with Crippen molar-refractivity contribution in [3.05, 3.63) is 84.4 Å². The third-order valence-electron chi connectivity index (χ3n) is 5.12. The van der Waals surface area contributed by atoms with Crippen LogP contribution in [0.5, 0.6) is 11.5 Å². The van der Waals surface area contributed by atoms with E-state index in [1.165, 1.54) is 0 Å². The van der Waals surface area contributed by atoms with Gasteiger partial charge in [0.15, 0.2) is 0 Å². The van der Waals surface area contributed by atoms with Crippen molar-refractivity contribution in [2.45, 2.75) is 39.2 Å². The van der Waals surface area contributed by atoms with E-state index >= 15 is 0 Å². The Morgan fingerprint density at radius 2 is 1.25 bits per heavy atom. The van der Waals surface area contributed by atoms with Crippen molar-refractivity contribution < 1.29 is 14.3 Å². The summed E-state index contributed by atoms with van der Waals surface area (Å²) in [6, 6.07) is 24.6. The number of hydrogen-bond acceptors (Lipinski definition) is 3. The van der Waals surface area contributed by atoms with Crippen molar-refractivity contribution in [1.82, 2.24) is 0 Å². The summed E-state index contributed by atoms with van der Waals surface area (Å²) in [6.07, 6.45) is 1.93. The molecule has 28 heavy (non-hydrogen) atoms. The number of carbonyl (C=O) groups excluding carboxylic acids is 1. The maximum absolute atomic E-state index is 12.1. The van der Waals surface area contributed by atoms with Gasteiger partial charge in [-0.05, 0) is 67.3 Å². The number of hydrogen-bond donors (Lipinski definition) is 0. The van der Waals surface area contributed by atoms with Crippen LogP contribution in [0.15, 0.2) is 78.9 Å². The second-order valence-corrected chi connectivity index (χ2v) is 7.06. The van der Waals surface area contributed by atoms with E-state index in [-0.39, 0.29) is 11.6 Å². The quantitative estimate of drug-likeness (QED) is 0.348. The summed E-state index contributed by atoms with van der Waals surface area (Å²) in [5.74, 6) is 1.05. The topological polar surface area (TPSA) is 35.5 Å². The van der Waals surface area contributed by atoms with E-state index in [1.807, 2.05) is 66.7 Å². The Morgan fingerprint density at radius 1 is 0.750 bits per heavy atom. The molecule has 0 N–H and O–H groups in total. The minimum absolute atomic E-state index is 0.133. The zero-order chi connectivity index (χ0) is 20.0. The lowest BCUT2D eigenvalue weighted by atomic mass is 10.00. The molecule has 0 saturated carbocycles. The molecule has 0 amide bonds. The van der Waals surface area contributed by atoms with Crippen molar-refractivity contribution in [2.24, 2.45) is 0 Å². The Kier molecular flexibility index (Phi) is 6.15. The van der Waals surface area contributed by atoms with E-state index in [0.29, 0.717) is 11.3 Å². The van der Waals surface area contributed by atoms with Crippen LogP contribution in [0.2, 0.25) is 0 Å². The van der Waals surface area contributed by atoms with Crippen LogP contribution in [0.1, 0.15) is 44.0 Å². The second kappa shape index (κ2) is 8.75. The molecule has 0 spiro atoms. The zero-order valence-corrected chi connectivity index (χ0v) is 16.6. The monoisotopic (exact) mass is 374 g/mol. The van der Waals surface area contributed by atoms with E-state index < -0.39 is 0 Å². The number of benzene rings is 3. The fourth-order valence-corrected chi connectivity index (χ4v) is 2.85. The number of esters is 1. The molecular formula is C25H26O3. The Bertz CT molecular complexity index is 893. The standard InChI is InChI=1S/C25H26O3/c1-4-25(3,5-2)28-23-17-13-20(14-18-23)19-11-15-22(16-12-19)27-24(26)21-9-7-6-8-10-21/h6-18H,4-5H2,1-3H3. The van der Waals surface area contributed by atoms with Gasteiger partial charge in [0, 0.05) is 0 Å². The Labute approximate surface area is 166 Å². The van der Waals surface area contributed by atoms with Crippen LogP contribution in [0, 0.1) is 0 Å².